The molecule has 0 aromatic carbocycles. The van der Waals surface area contributed by atoms with Crippen molar-refractivity contribution in [3.05, 3.63) is 11.6 Å². The summed E-state index contributed by atoms with van der Waals surface area (Å²) in [6, 6.07) is 0.735. The van der Waals surface area contributed by atoms with Gasteiger partial charge in [-0.15, -0.1) is 0 Å². The average molecular weight is 252 g/mol. The van der Waals surface area contributed by atoms with Gasteiger partial charge in [0.15, 0.2) is 0 Å². The van der Waals surface area contributed by atoms with Crippen LogP contribution in [0.25, 0.3) is 0 Å². The smallest absolute Gasteiger partial charge is 0.147 e. The monoisotopic (exact) mass is 252 g/mol. The Kier molecular flexibility index (Phi) is 3.73. The van der Waals surface area contributed by atoms with Gasteiger partial charge in [-0.2, -0.15) is 5.10 Å². The van der Waals surface area contributed by atoms with Crippen LogP contribution in [0.1, 0.15) is 50.8 Å². The normalized spacial score (nSPS) is 28.2. The highest BCUT2D eigenvalue weighted by Crippen LogP contribution is 2.38. The molecular weight excluding hydrogens is 228 g/mol. The lowest BCUT2D eigenvalue weighted by Gasteiger charge is -2.31. The van der Waals surface area contributed by atoms with Gasteiger partial charge in [-0.05, 0) is 33.1 Å². The van der Waals surface area contributed by atoms with Crippen LogP contribution < -0.4 is 5.32 Å². The standard InChI is InChI=1S/C13H24N4O/c1-9(2)15-13(8-18)6-5-12(7-13)17-11(4)14-10(3)16-17/h9,12,15,18H,5-8H2,1-4H3. The number of aliphatic hydroxyl groups excluding tert-OH is 1. The second-order valence-corrected chi connectivity index (χ2v) is 5.78. The first kappa shape index (κ1) is 13.5. The van der Waals surface area contributed by atoms with E-state index in [4.69, 9.17) is 0 Å². The molecule has 18 heavy (non-hydrogen) atoms. The molecule has 1 aromatic rings. The molecule has 1 aliphatic rings. The summed E-state index contributed by atoms with van der Waals surface area (Å²) in [5, 5.41) is 17.7. The third-order valence-electron chi connectivity index (χ3n) is 3.73. The van der Waals surface area contributed by atoms with Crippen molar-refractivity contribution in [2.45, 2.75) is 64.6 Å². The number of nitrogens with zero attached hydrogens (tertiary/aromatic N) is 3. The van der Waals surface area contributed by atoms with E-state index in [2.05, 4.69) is 29.2 Å². The van der Waals surface area contributed by atoms with E-state index in [0.29, 0.717) is 12.1 Å². The van der Waals surface area contributed by atoms with Gasteiger partial charge in [0.25, 0.3) is 0 Å². The van der Waals surface area contributed by atoms with Crippen molar-refractivity contribution >= 4 is 0 Å². The average Bonchev–Trinajstić information content (AvgIpc) is 2.82. The van der Waals surface area contributed by atoms with Gasteiger partial charge >= 0.3 is 0 Å². The zero-order chi connectivity index (χ0) is 13.3. The summed E-state index contributed by atoms with van der Waals surface area (Å²) in [6.07, 6.45) is 2.96. The molecule has 0 bridgehead atoms. The largest absolute Gasteiger partial charge is 0.394 e. The summed E-state index contributed by atoms with van der Waals surface area (Å²) in [5.74, 6) is 1.79. The molecule has 1 aliphatic carbocycles. The lowest BCUT2D eigenvalue weighted by Crippen LogP contribution is -2.49. The lowest BCUT2D eigenvalue weighted by molar-refractivity contribution is 0.151. The van der Waals surface area contributed by atoms with Crippen molar-refractivity contribution < 1.29 is 5.11 Å². The summed E-state index contributed by atoms with van der Waals surface area (Å²) in [5.41, 5.74) is -0.148. The zero-order valence-electron chi connectivity index (χ0n) is 11.8. The number of aliphatic hydroxyl groups is 1. The third kappa shape index (κ3) is 2.57. The molecular formula is C13H24N4O. The summed E-state index contributed by atoms with van der Waals surface area (Å²) in [6.45, 7) is 8.35. The Morgan fingerprint density at radius 1 is 1.50 bits per heavy atom. The number of aryl methyl sites for hydroxylation is 2. The van der Waals surface area contributed by atoms with Gasteiger partial charge in [0.2, 0.25) is 0 Å². The van der Waals surface area contributed by atoms with Crippen LogP contribution in [0.3, 0.4) is 0 Å². The molecule has 0 aliphatic heterocycles. The van der Waals surface area contributed by atoms with Crippen LogP contribution in [-0.4, -0.2) is 38.1 Å². The van der Waals surface area contributed by atoms with Gasteiger partial charge in [0.1, 0.15) is 11.6 Å². The van der Waals surface area contributed by atoms with Gasteiger partial charge < -0.3 is 10.4 Å². The van der Waals surface area contributed by atoms with Crippen LogP contribution in [0.2, 0.25) is 0 Å². The van der Waals surface area contributed by atoms with Crippen LogP contribution in [0.4, 0.5) is 0 Å². The SMILES string of the molecule is Cc1nc(C)n(C2CCC(CO)(NC(C)C)C2)n1. The fourth-order valence-corrected chi connectivity index (χ4v) is 3.12. The van der Waals surface area contributed by atoms with E-state index in [9.17, 15) is 5.11 Å². The molecule has 1 saturated carbocycles. The van der Waals surface area contributed by atoms with Crippen LogP contribution in [0.15, 0.2) is 0 Å². The molecule has 2 N–H and O–H groups in total. The van der Waals surface area contributed by atoms with E-state index in [0.717, 1.165) is 30.9 Å². The molecule has 1 heterocycles. The van der Waals surface area contributed by atoms with Gasteiger partial charge in [0, 0.05) is 11.6 Å². The molecule has 5 nitrogen and oxygen atoms in total. The maximum Gasteiger partial charge on any atom is 0.147 e. The fraction of sp³-hybridized carbons (Fsp3) is 0.846. The van der Waals surface area contributed by atoms with E-state index >= 15 is 0 Å². The number of nitrogens with one attached hydrogen (secondary N) is 1. The predicted octanol–water partition coefficient (Wildman–Crippen LogP) is 1.35. The summed E-state index contributed by atoms with van der Waals surface area (Å²) < 4.78 is 2.02. The first-order valence-electron chi connectivity index (χ1n) is 6.74. The highest BCUT2D eigenvalue weighted by atomic mass is 16.3. The minimum atomic E-state index is -0.148. The second-order valence-electron chi connectivity index (χ2n) is 5.78. The van der Waals surface area contributed by atoms with Gasteiger partial charge in [-0.1, -0.05) is 13.8 Å². The van der Waals surface area contributed by atoms with Crippen LogP contribution >= 0.6 is 0 Å². The van der Waals surface area contributed by atoms with Gasteiger partial charge in [-0.3, -0.25) is 0 Å². The zero-order valence-corrected chi connectivity index (χ0v) is 11.8. The first-order chi connectivity index (χ1) is 8.46. The van der Waals surface area contributed by atoms with Crippen LogP contribution in [0, 0.1) is 13.8 Å². The van der Waals surface area contributed by atoms with Crippen molar-refractivity contribution in [1.82, 2.24) is 20.1 Å². The van der Waals surface area contributed by atoms with Gasteiger partial charge in [-0.25, -0.2) is 9.67 Å². The number of hydrogen-bond acceptors (Lipinski definition) is 4. The topological polar surface area (TPSA) is 63.0 Å². The first-order valence-corrected chi connectivity index (χ1v) is 6.74. The molecule has 0 spiro atoms. The Balaban J connectivity index is 2.13. The highest BCUT2D eigenvalue weighted by Gasteiger charge is 2.40. The highest BCUT2D eigenvalue weighted by molar-refractivity contribution is 5.01. The van der Waals surface area contributed by atoms with Crippen molar-refractivity contribution in [3.63, 3.8) is 0 Å². The second kappa shape index (κ2) is 4.97. The lowest BCUT2D eigenvalue weighted by atomic mass is 9.97. The minimum absolute atomic E-state index is 0.148. The molecule has 1 fully saturated rings. The Labute approximate surface area is 109 Å². The Morgan fingerprint density at radius 2 is 2.22 bits per heavy atom. The molecule has 102 valence electrons. The summed E-state index contributed by atoms with van der Waals surface area (Å²) in [4.78, 5) is 4.36. The molecule has 2 rings (SSSR count). The number of rotatable bonds is 4. The fourth-order valence-electron chi connectivity index (χ4n) is 3.12. The van der Waals surface area contributed by atoms with Crippen molar-refractivity contribution in [3.8, 4) is 0 Å². The molecule has 0 amide bonds. The maximum absolute atomic E-state index is 9.70. The van der Waals surface area contributed by atoms with Gasteiger partial charge in [0.05, 0.1) is 12.6 Å². The van der Waals surface area contributed by atoms with E-state index in [1.54, 1.807) is 0 Å². The maximum atomic E-state index is 9.70. The summed E-state index contributed by atoms with van der Waals surface area (Å²) in [7, 11) is 0. The van der Waals surface area contributed by atoms with E-state index < -0.39 is 0 Å². The molecule has 2 atom stereocenters. The minimum Gasteiger partial charge on any atom is -0.394 e. The Morgan fingerprint density at radius 3 is 2.72 bits per heavy atom. The van der Waals surface area contributed by atoms with E-state index in [-0.39, 0.29) is 12.1 Å². The van der Waals surface area contributed by atoms with Crippen molar-refractivity contribution in [1.29, 1.82) is 0 Å². The van der Waals surface area contributed by atoms with Crippen LogP contribution in [-0.2, 0) is 0 Å². The Hall–Kier alpha value is -0.940. The summed E-state index contributed by atoms with van der Waals surface area (Å²) >= 11 is 0. The van der Waals surface area contributed by atoms with Crippen LogP contribution in [0.5, 0.6) is 0 Å². The van der Waals surface area contributed by atoms with E-state index in [1.807, 2.05) is 18.5 Å². The quantitative estimate of drug-likeness (QED) is 0.849. The predicted molar refractivity (Wildman–Crippen MR) is 70.5 cm³/mol. The van der Waals surface area contributed by atoms with E-state index in [1.165, 1.54) is 0 Å². The molecule has 1 aromatic heterocycles. The Bertz CT molecular complexity index is 415. The number of aromatic nitrogens is 3. The van der Waals surface area contributed by atoms with Crippen molar-refractivity contribution in [2.75, 3.05) is 6.61 Å². The van der Waals surface area contributed by atoms with Crippen molar-refractivity contribution in [2.24, 2.45) is 0 Å². The molecule has 5 heteroatoms. The third-order valence-corrected chi connectivity index (χ3v) is 3.73. The number of hydrogen-bond donors (Lipinski definition) is 2. The molecule has 2 unspecified atom stereocenters. The molecule has 0 radical (unpaired) electrons. The molecule has 0 saturated heterocycles.